The van der Waals surface area contributed by atoms with Gasteiger partial charge < -0.3 is 5.32 Å². The quantitative estimate of drug-likeness (QED) is 0.606. The molecule has 2 amide bonds. The van der Waals surface area contributed by atoms with Crippen LogP contribution < -0.4 is 10.2 Å². The van der Waals surface area contributed by atoms with Crippen LogP contribution in [0.3, 0.4) is 0 Å². The molecule has 0 saturated carbocycles. The van der Waals surface area contributed by atoms with Crippen molar-refractivity contribution < 1.29 is 4.79 Å². The van der Waals surface area contributed by atoms with Gasteiger partial charge in [0, 0.05) is 17.1 Å². The first kappa shape index (κ1) is 17.3. The summed E-state index contributed by atoms with van der Waals surface area (Å²) in [6.45, 7) is 3.82. The lowest BCUT2D eigenvalue weighted by Crippen LogP contribution is -2.37. The molecule has 0 atom stereocenters. The number of aryl methyl sites for hydroxylation is 2. The molecule has 23 heavy (non-hydrogen) atoms. The molecule has 2 aromatic carbocycles. The highest BCUT2D eigenvalue weighted by Crippen LogP contribution is 2.24. The second-order valence-electron chi connectivity index (χ2n) is 5.04. The van der Waals surface area contributed by atoms with Crippen LogP contribution in [-0.4, -0.2) is 19.4 Å². The van der Waals surface area contributed by atoms with E-state index in [1.165, 1.54) is 11.2 Å². The molecule has 0 radical (unpaired) electrons. The average molecular weight is 350 g/mol. The molecule has 2 rings (SSSR count). The summed E-state index contributed by atoms with van der Waals surface area (Å²) in [6.07, 6.45) is 1.45. The average Bonchev–Trinajstić information content (AvgIpc) is 2.53. The topological polar surface area (TPSA) is 44.7 Å². The Bertz CT molecular complexity index is 759. The highest BCUT2D eigenvalue weighted by molar-refractivity contribution is 6.32. The zero-order chi connectivity index (χ0) is 17.0. The molecule has 0 fully saturated rings. The molecular formula is C17H17Cl2N3O. The minimum absolute atomic E-state index is 0.313. The molecule has 0 aliphatic rings. The molecule has 0 aromatic heterocycles. The van der Waals surface area contributed by atoms with Gasteiger partial charge in [0.15, 0.2) is 0 Å². The van der Waals surface area contributed by atoms with Gasteiger partial charge in [-0.25, -0.2) is 9.79 Å². The molecule has 0 saturated heterocycles. The third kappa shape index (κ3) is 4.24. The Hall–Kier alpha value is -2.04. The molecule has 0 aliphatic carbocycles. The van der Waals surface area contributed by atoms with E-state index in [0.29, 0.717) is 21.4 Å². The predicted octanol–water partition coefficient (Wildman–Crippen LogP) is 5.12. The van der Waals surface area contributed by atoms with Gasteiger partial charge >= 0.3 is 6.03 Å². The van der Waals surface area contributed by atoms with E-state index in [1.54, 1.807) is 19.2 Å². The molecule has 0 heterocycles. The van der Waals surface area contributed by atoms with Gasteiger partial charge in [-0.05, 0) is 49.2 Å². The zero-order valence-electron chi connectivity index (χ0n) is 13.1. The van der Waals surface area contributed by atoms with Crippen molar-refractivity contribution in [1.82, 2.24) is 5.32 Å². The fraction of sp³-hybridized carbons (Fsp3) is 0.176. The second-order valence-corrected chi connectivity index (χ2v) is 5.85. The smallest absolute Gasteiger partial charge is 0.326 e. The van der Waals surface area contributed by atoms with Crippen LogP contribution in [0.4, 0.5) is 16.2 Å². The highest BCUT2D eigenvalue weighted by atomic mass is 35.5. The number of nitrogens with one attached hydrogen (secondary N) is 1. The Labute approximate surface area is 145 Å². The third-order valence-electron chi connectivity index (χ3n) is 3.34. The Morgan fingerprint density at radius 1 is 1.09 bits per heavy atom. The van der Waals surface area contributed by atoms with Crippen LogP contribution in [0, 0.1) is 13.8 Å². The number of urea groups is 1. The van der Waals surface area contributed by atoms with Crippen molar-refractivity contribution in [2.75, 3.05) is 11.9 Å². The number of carbonyl (C=O) groups is 1. The van der Waals surface area contributed by atoms with E-state index >= 15 is 0 Å². The SMILES string of the molecule is CNC(=O)N(C=Nc1ccc(C)c(Cl)c1)c1ccc(C)c(Cl)c1. The second kappa shape index (κ2) is 7.49. The molecule has 0 aliphatic heterocycles. The summed E-state index contributed by atoms with van der Waals surface area (Å²) in [6, 6.07) is 10.5. The summed E-state index contributed by atoms with van der Waals surface area (Å²) in [5.74, 6) is 0. The third-order valence-corrected chi connectivity index (χ3v) is 4.16. The molecule has 0 spiro atoms. The van der Waals surface area contributed by atoms with Crippen LogP contribution in [0.1, 0.15) is 11.1 Å². The van der Waals surface area contributed by atoms with Crippen molar-refractivity contribution in [2.24, 2.45) is 4.99 Å². The van der Waals surface area contributed by atoms with Crippen molar-refractivity contribution in [3.8, 4) is 0 Å². The Kier molecular flexibility index (Phi) is 5.64. The first-order valence-electron chi connectivity index (χ1n) is 7.00. The molecule has 4 nitrogen and oxygen atoms in total. The van der Waals surface area contributed by atoms with Gasteiger partial charge in [0.25, 0.3) is 0 Å². The van der Waals surface area contributed by atoms with Crippen molar-refractivity contribution in [1.29, 1.82) is 0 Å². The number of anilines is 1. The minimum atomic E-state index is -0.313. The highest BCUT2D eigenvalue weighted by Gasteiger charge is 2.13. The molecule has 0 bridgehead atoms. The Balaban J connectivity index is 2.35. The van der Waals surface area contributed by atoms with Crippen molar-refractivity contribution in [3.05, 3.63) is 57.6 Å². The number of hydrogen-bond donors (Lipinski definition) is 1. The van der Waals surface area contributed by atoms with Gasteiger partial charge in [0.1, 0.15) is 6.34 Å². The summed E-state index contributed by atoms with van der Waals surface area (Å²) in [7, 11) is 1.56. The number of hydrogen-bond acceptors (Lipinski definition) is 2. The first-order valence-corrected chi connectivity index (χ1v) is 7.75. The van der Waals surface area contributed by atoms with Gasteiger partial charge in [-0.3, -0.25) is 4.90 Å². The van der Waals surface area contributed by atoms with E-state index in [2.05, 4.69) is 10.3 Å². The number of benzene rings is 2. The maximum Gasteiger partial charge on any atom is 0.326 e. The molecule has 120 valence electrons. The lowest BCUT2D eigenvalue weighted by atomic mass is 10.2. The van der Waals surface area contributed by atoms with Gasteiger partial charge in [0.05, 0.1) is 11.4 Å². The van der Waals surface area contributed by atoms with Crippen LogP contribution in [0.15, 0.2) is 41.4 Å². The number of halogens is 2. The van der Waals surface area contributed by atoms with E-state index in [4.69, 9.17) is 23.2 Å². The minimum Gasteiger partial charge on any atom is -0.340 e. The summed E-state index contributed by atoms with van der Waals surface area (Å²) >= 11 is 12.2. The number of carbonyl (C=O) groups excluding carboxylic acids is 1. The fourth-order valence-corrected chi connectivity index (χ4v) is 2.22. The summed E-state index contributed by atoms with van der Waals surface area (Å²) in [5, 5.41) is 3.80. The monoisotopic (exact) mass is 349 g/mol. The molecule has 1 N–H and O–H groups in total. The lowest BCUT2D eigenvalue weighted by molar-refractivity contribution is 0.251. The van der Waals surface area contributed by atoms with Crippen molar-refractivity contribution >= 4 is 46.9 Å². The summed E-state index contributed by atoms with van der Waals surface area (Å²) < 4.78 is 0. The number of nitrogens with zero attached hydrogens (tertiary/aromatic N) is 2. The summed E-state index contributed by atoms with van der Waals surface area (Å²) in [4.78, 5) is 17.8. The van der Waals surface area contributed by atoms with Gasteiger partial charge in [-0.1, -0.05) is 35.3 Å². The number of aliphatic imine (C=N–C) groups is 1. The Morgan fingerprint density at radius 2 is 1.70 bits per heavy atom. The molecule has 6 heteroatoms. The largest absolute Gasteiger partial charge is 0.340 e. The van der Waals surface area contributed by atoms with E-state index in [1.807, 2.05) is 38.1 Å². The van der Waals surface area contributed by atoms with Crippen LogP contribution in [0.2, 0.25) is 10.0 Å². The fourth-order valence-electron chi connectivity index (χ4n) is 1.87. The van der Waals surface area contributed by atoms with Crippen LogP contribution >= 0.6 is 23.2 Å². The van der Waals surface area contributed by atoms with Gasteiger partial charge in [-0.2, -0.15) is 0 Å². The van der Waals surface area contributed by atoms with E-state index in [0.717, 1.165) is 11.1 Å². The van der Waals surface area contributed by atoms with Crippen molar-refractivity contribution in [3.63, 3.8) is 0 Å². The molecule has 2 aromatic rings. The van der Waals surface area contributed by atoms with E-state index in [9.17, 15) is 4.79 Å². The van der Waals surface area contributed by atoms with Crippen LogP contribution in [-0.2, 0) is 0 Å². The predicted molar refractivity (Wildman–Crippen MR) is 97.5 cm³/mol. The normalized spacial score (nSPS) is 10.8. The van der Waals surface area contributed by atoms with Gasteiger partial charge in [-0.15, -0.1) is 0 Å². The van der Waals surface area contributed by atoms with E-state index in [-0.39, 0.29) is 6.03 Å². The van der Waals surface area contributed by atoms with Crippen molar-refractivity contribution in [2.45, 2.75) is 13.8 Å². The van der Waals surface area contributed by atoms with Crippen LogP contribution in [0.5, 0.6) is 0 Å². The van der Waals surface area contributed by atoms with Crippen LogP contribution in [0.25, 0.3) is 0 Å². The first-order chi connectivity index (χ1) is 10.9. The maximum atomic E-state index is 12.1. The zero-order valence-corrected chi connectivity index (χ0v) is 14.6. The number of amides is 2. The maximum absolute atomic E-state index is 12.1. The standard InChI is InChI=1S/C17H17Cl2N3O/c1-11-4-6-13(8-15(11)18)21-10-22(17(23)20-3)14-7-5-12(2)16(19)9-14/h4-10H,1-3H3,(H,20,23). The summed E-state index contributed by atoms with van der Waals surface area (Å²) in [5.41, 5.74) is 3.20. The lowest BCUT2D eigenvalue weighted by Gasteiger charge is -2.18. The van der Waals surface area contributed by atoms with Gasteiger partial charge in [0.2, 0.25) is 0 Å². The van der Waals surface area contributed by atoms with E-state index < -0.39 is 0 Å². The molecule has 0 unspecified atom stereocenters. The Morgan fingerprint density at radius 3 is 2.26 bits per heavy atom. The number of rotatable bonds is 3. The molecular weight excluding hydrogens is 333 g/mol.